The van der Waals surface area contributed by atoms with Gasteiger partial charge in [0.25, 0.3) is 0 Å². The van der Waals surface area contributed by atoms with Crippen LogP contribution in [0.15, 0.2) is 24.3 Å². The molecule has 5 heteroatoms. The van der Waals surface area contributed by atoms with Crippen molar-refractivity contribution in [2.75, 3.05) is 44.2 Å². The molecule has 3 aliphatic rings. The predicted octanol–water partition coefficient (Wildman–Crippen LogP) is 1.91. The van der Waals surface area contributed by atoms with Crippen LogP contribution in [-0.4, -0.2) is 60.9 Å². The fraction of sp³-hybridized carbons (Fsp3) is 0.600. The Morgan fingerprint density at radius 3 is 2.44 bits per heavy atom. The summed E-state index contributed by atoms with van der Waals surface area (Å²) in [5.41, 5.74) is 2.34. The van der Waals surface area contributed by atoms with Crippen LogP contribution in [0.3, 0.4) is 0 Å². The molecule has 2 fully saturated rings. The minimum absolute atomic E-state index is 0.164. The lowest BCUT2D eigenvalue weighted by Gasteiger charge is -2.33. The number of rotatable bonds is 3. The molecule has 3 heterocycles. The SMILES string of the molecule is O=C(C1CCN(CC(=O)N2CCc3ccccc32)CC1)N1CCCC1. The molecule has 0 aliphatic carbocycles. The number of para-hydroxylation sites is 1. The van der Waals surface area contributed by atoms with Crippen LogP contribution in [0.4, 0.5) is 5.69 Å². The van der Waals surface area contributed by atoms with Crippen LogP contribution in [0.25, 0.3) is 0 Å². The fourth-order valence-corrected chi connectivity index (χ4v) is 4.41. The number of carbonyl (C=O) groups excluding carboxylic acids is 2. The summed E-state index contributed by atoms with van der Waals surface area (Å²) in [5, 5.41) is 0. The Labute approximate surface area is 149 Å². The molecule has 134 valence electrons. The van der Waals surface area contributed by atoms with Crippen molar-refractivity contribution in [1.82, 2.24) is 9.80 Å². The molecule has 2 saturated heterocycles. The zero-order valence-electron chi connectivity index (χ0n) is 14.8. The summed E-state index contributed by atoms with van der Waals surface area (Å²) in [6, 6.07) is 8.19. The minimum Gasteiger partial charge on any atom is -0.342 e. The number of benzene rings is 1. The van der Waals surface area contributed by atoms with Gasteiger partial charge < -0.3 is 9.80 Å². The van der Waals surface area contributed by atoms with Gasteiger partial charge in [0.1, 0.15) is 0 Å². The van der Waals surface area contributed by atoms with Crippen LogP contribution in [0.2, 0.25) is 0 Å². The first-order valence-electron chi connectivity index (χ1n) is 9.62. The van der Waals surface area contributed by atoms with Gasteiger partial charge in [-0.1, -0.05) is 18.2 Å². The Balaban J connectivity index is 1.29. The number of nitrogens with zero attached hydrogens (tertiary/aromatic N) is 3. The second-order valence-corrected chi connectivity index (χ2v) is 7.51. The monoisotopic (exact) mass is 341 g/mol. The number of hydrogen-bond donors (Lipinski definition) is 0. The normalized spacial score (nSPS) is 21.6. The van der Waals surface area contributed by atoms with E-state index in [2.05, 4.69) is 11.0 Å². The van der Waals surface area contributed by atoms with Crippen molar-refractivity contribution < 1.29 is 9.59 Å². The third-order valence-corrected chi connectivity index (χ3v) is 5.90. The fourth-order valence-electron chi connectivity index (χ4n) is 4.41. The Kier molecular flexibility index (Phi) is 4.75. The maximum absolute atomic E-state index is 12.7. The summed E-state index contributed by atoms with van der Waals surface area (Å²) in [6.45, 7) is 4.84. The van der Waals surface area contributed by atoms with Crippen molar-refractivity contribution in [2.24, 2.45) is 5.92 Å². The van der Waals surface area contributed by atoms with E-state index in [0.29, 0.717) is 12.5 Å². The van der Waals surface area contributed by atoms with Crippen molar-refractivity contribution in [3.05, 3.63) is 29.8 Å². The molecule has 1 aromatic rings. The number of hydrogen-bond acceptors (Lipinski definition) is 3. The van der Waals surface area contributed by atoms with E-state index in [1.807, 2.05) is 28.0 Å². The van der Waals surface area contributed by atoms with Gasteiger partial charge in [-0.3, -0.25) is 14.5 Å². The molecule has 3 aliphatic heterocycles. The van der Waals surface area contributed by atoms with Crippen LogP contribution in [0.5, 0.6) is 0 Å². The number of amides is 2. The topological polar surface area (TPSA) is 43.9 Å². The number of fused-ring (bicyclic) bond motifs is 1. The van der Waals surface area contributed by atoms with Gasteiger partial charge in [-0.2, -0.15) is 0 Å². The smallest absolute Gasteiger partial charge is 0.241 e. The summed E-state index contributed by atoms with van der Waals surface area (Å²) in [6.07, 6.45) is 5.03. The minimum atomic E-state index is 0.164. The largest absolute Gasteiger partial charge is 0.342 e. The van der Waals surface area contributed by atoms with E-state index in [9.17, 15) is 9.59 Å². The van der Waals surface area contributed by atoms with Gasteiger partial charge in [0.05, 0.1) is 6.54 Å². The van der Waals surface area contributed by atoms with E-state index in [1.165, 1.54) is 5.56 Å². The molecule has 0 atom stereocenters. The zero-order valence-corrected chi connectivity index (χ0v) is 14.8. The van der Waals surface area contributed by atoms with Crippen molar-refractivity contribution in [3.8, 4) is 0 Å². The number of carbonyl (C=O) groups is 2. The summed E-state index contributed by atoms with van der Waals surface area (Å²) in [4.78, 5) is 31.4. The second-order valence-electron chi connectivity index (χ2n) is 7.51. The highest BCUT2D eigenvalue weighted by Crippen LogP contribution is 2.28. The van der Waals surface area contributed by atoms with E-state index in [0.717, 1.165) is 70.5 Å². The number of anilines is 1. The lowest BCUT2D eigenvalue weighted by Crippen LogP contribution is -2.45. The average molecular weight is 341 g/mol. The quantitative estimate of drug-likeness (QED) is 0.844. The van der Waals surface area contributed by atoms with Gasteiger partial charge in [0.2, 0.25) is 11.8 Å². The van der Waals surface area contributed by atoms with Crippen molar-refractivity contribution in [1.29, 1.82) is 0 Å². The summed E-state index contributed by atoms with van der Waals surface area (Å²) in [5.74, 6) is 0.697. The first kappa shape index (κ1) is 16.6. The average Bonchev–Trinajstić information content (AvgIpc) is 3.31. The molecule has 25 heavy (non-hydrogen) atoms. The first-order chi connectivity index (χ1) is 12.2. The Hall–Kier alpha value is -1.88. The van der Waals surface area contributed by atoms with Crippen LogP contribution in [0, 0.1) is 5.92 Å². The molecule has 4 rings (SSSR count). The van der Waals surface area contributed by atoms with Gasteiger partial charge in [0, 0.05) is 31.2 Å². The number of piperidine rings is 1. The third kappa shape index (κ3) is 3.43. The van der Waals surface area contributed by atoms with Gasteiger partial charge in [-0.15, -0.1) is 0 Å². The Morgan fingerprint density at radius 1 is 0.960 bits per heavy atom. The molecule has 0 radical (unpaired) electrons. The zero-order chi connectivity index (χ0) is 17.2. The Morgan fingerprint density at radius 2 is 1.68 bits per heavy atom. The molecule has 0 bridgehead atoms. The molecule has 0 unspecified atom stereocenters. The highest BCUT2D eigenvalue weighted by Gasteiger charge is 2.31. The van der Waals surface area contributed by atoms with Crippen LogP contribution < -0.4 is 4.90 Å². The highest BCUT2D eigenvalue weighted by atomic mass is 16.2. The van der Waals surface area contributed by atoms with Gasteiger partial charge in [-0.25, -0.2) is 0 Å². The standard InChI is InChI=1S/C20H27N3O2/c24-19(23-14-9-16-5-1-2-6-18(16)23)15-21-12-7-17(8-13-21)20(25)22-10-3-4-11-22/h1-2,5-6,17H,3-4,7-15H2. The van der Waals surface area contributed by atoms with Crippen LogP contribution in [-0.2, 0) is 16.0 Å². The van der Waals surface area contributed by atoms with Crippen LogP contribution in [0.1, 0.15) is 31.2 Å². The first-order valence-corrected chi connectivity index (χ1v) is 9.62. The van der Waals surface area contributed by atoms with E-state index < -0.39 is 0 Å². The lowest BCUT2D eigenvalue weighted by molar-refractivity contribution is -0.136. The van der Waals surface area contributed by atoms with E-state index >= 15 is 0 Å². The van der Waals surface area contributed by atoms with E-state index in [1.54, 1.807) is 0 Å². The predicted molar refractivity (Wildman–Crippen MR) is 97.5 cm³/mol. The molecule has 0 spiro atoms. The van der Waals surface area contributed by atoms with Crippen molar-refractivity contribution in [3.63, 3.8) is 0 Å². The summed E-state index contributed by atoms with van der Waals surface area (Å²) in [7, 11) is 0. The van der Waals surface area contributed by atoms with Gasteiger partial charge in [-0.05, 0) is 56.8 Å². The summed E-state index contributed by atoms with van der Waals surface area (Å²) < 4.78 is 0. The van der Waals surface area contributed by atoms with Crippen molar-refractivity contribution in [2.45, 2.75) is 32.1 Å². The molecule has 1 aromatic carbocycles. The molecule has 0 saturated carbocycles. The molecular formula is C20H27N3O2. The highest BCUT2D eigenvalue weighted by molar-refractivity contribution is 5.96. The summed E-state index contributed by atoms with van der Waals surface area (Å²) >= 11 is 0. The molecule has 2 amide bonds. The molecular weight excluding hydrogens is 314 g/mol. The van der Waals surface area contributed by atoms with Gasteiger partial charge in [0.15, 0.2) is 0 Å². The van der Waals surface area contributed by atoms with E-state index in [4.69, 9.17) is 0 Å². The third-order valence-electron chi connectivity index (χ3n) is 5.90. The van der Waals surface area contributed by atoms with E-state index in [-0.39, 0.29) is 11.8 Å². The Bertz CT molecular complexity index is 646. The molecule has 5 nitrogen and oxygen atoms in total. The maximum atomic E-state index is 12.7. The molecule has 0 N–H and O–H groups in total. The maximum Gasteiger partial charge on any atom is 0.241 e. The van der Waals surface area contributed by atoms with Crippen molar-refractivity contribution >= 4 is 17.5 Å². The van der Waals surface area contributed by atoms with Gasteiger partial charge >= 0.3 is 0 Å². The number of likely N-dealkylation sites (tertiary alicyclic amines) is 2. The lowest BCUT2D eigenvalue weighted by atomic mass is 9.95. The second kappa shape index (κ2) is 7.16. The van der Waals surface area contributed by atoms with Crippen LogP contribution >= 0.6 is 0 Å². The molecule has 0 aromatic heterocycles.